The van der Waals surface area contributed by atoms with E-state index < -0.39 is 0 Å². The lowest BCUT2D eigenvalue weighted by Gasteiger charge is -2.09. The first kappa shape index (κ1) is 28.9. The maximum atomic E-state index is 4.51. The summed E-state index contributed by atoms with van der Waals surface area (Å²) in [6.45, 7) is 0. The molecule has 0 saturated heterocycles. The molecule has 0 fully saturated rings. The van der Waals surface area contributed by atoms with Crippen LogP contribution in [0.15, 0.2) is 183 Å². The summed E-state index contributed by atoms with van der Waals surface area (Å²) in [5, 5.41) is 0. The van der Waals surface area contributed by atoms with Gasteiger partial charge in [0.05, 0.1) is 22.8 Å². The highest BCUT2D eigenvalue weighted by Gasteiger charge is 2.08. The fourth-order valence-corrected chi connectivity index (χ4v) is 5.95. The first-order valence-electron chi connectivity index (χ1n) is 15.9. The lowest BCUT2D eigenvalue weighted by molar-refractivity contribution is 1.25. The van der Waals surface area contributed by atoms with Crippen LogP contribution in [0.25, 0.3) is 78.4 Å². The molecule has 0 saturated carbocycles. The molecular weight excluding hydrogens is 585 g/mol. The second-order valence-corrected chi connectivity index (χ2v) is 11.6. The van der Waals surface area contributed by atoms with E-state index in [0.717, 1.165) is 45.0 Å². The van der Waals surface area contributed by atoms with Gasteiger partial charge in [-0.2, -0.15) is 0 Å². The molecule has 4 heteroatoms. The van der Waals surface area contributed by atoms with Crippen molar-refractivity contribution in [1.82, 2.24) is 19.9 Å². The Labute approximate surface area is 280 Å². The van der Waals surface area contributed by atoms with Gasteiger partial charge < -0.3 is 0 Å². The van der Waals surface area contributed by atoms with Crippen molar-refractivity contribution in [3.05, 3.63) is 183 Å². The average molecular weight is 615 g/mol. The van der Waals surface area contributed by atoms with Crippen molar-refractivity contribution in [2.75, 3.05) is 0 Å². The number of benzene rings is 4. The molecule has 226 valence electrons. The van der Waals surface area contributed by atoms with E-state index in [1.807, 2.05) is 60.9 Å². The number of aromatic nitrogens is 4. The van der Waals surface area contributed by atoms with Crippen LogP contribution in [0.1, 0.15) is 0 Å². The van der Waals surface area contributed by atoms with Crippen LogP contribution >= 0.6 is 0 Å². The summed E-state index contributed by atoms with van der Waals surface area (Å²) < 4.78 is 0. The quantitative estimate of drug-likeness (QED) is 0.179. The minimum absolute atomic E-state index is 0.871. The lowest BCUT2D eigenvalue weighted by Crippen LogP contribution is -1.88. The van der Waals surface area contributed by atoms with E-state index in [2.05, 4.69) is 129 Å². The van der Waals surface area contributed by atoms with Gasteiger partial charge in [0.2, 0.25) is 0 Å². The maximum absolute atomic E-state index is 4.51. The summed E-state index contributed by atoms with van der Waals surface area (Å²) >= 11 is 0. The molecule has 0 unspecified atom stereocenters. The topological polar surface area (TPSA) is 51.6 Å². The lowest BCUT2D eigenvalue weighted by atomic mass is 9.96. The van der Waals surface area contributed by atoms with E-state index in [4.69, 9.17) is 0 Å². The van der Waals surface area contributed by atoms with Crippen LogP contribution in [0.5, 0.6) is 0 Å². The van der Waals surface area contributed by atoms with Crippen LogP contribution in [-0.4, -0.2) is 19.9 Å². The van der Waals surface area contributed by atoms with Gasteiger partial charge >= 0.3 is 0 Å². The molecule has 0 radical (unpaired) electrons. The Morgan fingerprint density at radius 3 is 0.750 bits per heavy atom. The molecule has 0 aliphatic carbocycles. The number of nitrogens with zero attached hydrogens (tertiary/aromatic N) is 4. The molecule has 8 aromatic rings. The van der Waals surface area contributed by atoms with Crippen LogP contribution in [0, 0.1) is 0 Å². The highest BCUT2D eigenvalue weighted by atomic mass is 14.8. The molecule has 0 spiro atoms. The van der Waals surface area contributed by atoms with Crippen LogP contribution in [0.3, 0.4) is 0 Å². The molecule has 0 bridgehead atoms. The Morgan fingerprint density at radius 1 is 0.208 bits per heavy atom. The molecule has 0 N–H and O–H groups in total. The summed E-state index contributed by atoms with van der Waals surface area (Å²) in [6.07, 6.45) is 7.28. The van der Waals surface area contributed by atoms with Gasteiger partial charge in [-0.05, 0) is 104 Å². The third-order valence-electron chi connectivity index (χ3n) is 8.58. The van der Waals surface area contributed by atoms with Crippen molar-refractivity contribution < 1.29 is 0 Å². The van der Waals surface area contributed by atoms with Gasteiger partial charge in [-0.3, -0.25) is 19.9 Å². The van der Waals surface area contributed by atoms with E-state index >= 15 is 0 Å². The van der Waals surface area contributed by atoms with Gasteiger partial charge in [0.15, 0.2) is 0 Å². The number of hydrogen-bond donors (Lipinski definition) is 0. The highest BCUT2D eigenvalue weighted by Crippen LogP contribution is 2.31. The zero-order chi connectivity index (χ0) is 32.1. The molecule has 4 heterocycles. The van der Waals surface area contributed by atoms with E-state index in [1.54, 1.807) is 12.4 Å². The molecule has 4 nitrogen and oxygen atoms in total. The van der Waals surface area contributed by atoms with E-state index in [0.29, 0.717) is 0 Å². The Balaban J connectivity index is 0.948. The van der Waals surface area contributed by atoms with Crippen molar-refractivity contribution in [3.8, 4) is 78.4 Å². The van der Waals surface area contributed by atoms with E-state index in [-0.39, 0.29) is 0 Å². The Hall–Kier alpha value is -6.52. The molecule has 4 aromatic carbocycles. The molecule has 0 aliphatic rings. The van der Waals surface area contributed by atoms with Gasteiger partial charge in [-0.25, -0.2) is 0 Å². The monoisotopic (exact) mass is 614 g/mol. The summed E-state index contributed by atoms with van der Waals surface area (Å²) in [4.78, 5) is 17.9. The van der Waals surface area contributed by atoms with Crippen LogP contribution < -0.4 is 0 Å². The minimum atomic E-state index is 0.871. The molecule has 0 amide bonds. The van der Waals surface area contributed by atoms with Crippen LogP contribution in [0.2, 0.25) is 0 Å². The molecule has 8 rings (SSSR count). The minimum Gasteiger partial charge on any atom is -0.255 e. The average Bonchev–Trinajstić information content (AvgIpc) is 3.19. The number of rotatable bonds is 7. The smallest absolute Gasteiger partial charge is 0.0892 e. The molecular formula is C44H30N4. The fraction of sp³-hybridized carbons (Fsp3) is 0. The normalized spacial score (nSPS) is 10.9. The van der Waals surface area contributed by atoms with Crippen molar-refractivity contribution in [2.45, 2.75) is 0 Å². The SMILES string of the molecule is c1ccc(-c2cc(-c3ccc(-c4ccc(-c5ccc(-c6ccc(-c7ccnc(-c8ccccn8)c7)cc6)cc5)cc4)cc3)ccn2)nc1. The zero-order valence-electron chi connectivity index (χ0n) is 26.1. The molecule has 0 atom stereocenters. The zero-order valence-corrected chi connectivity index (χ0v) is 26.1. The van der Waals surface area contributed by atoms with E-state index in [9.17, 15) is 0 Å². The second-order valence-electron chi connectivity index (χ2n) is 11.6. The van der Waals surface area contributed by atoms with Gasteiger partial charge in [0.1, 0.15) is 0 Å². The van der Waals surface area contributed by atoms with Crippen LogP contribution in [-0.2, 0) is 0 Å². The Kier molecular flexibility index (Phi) is 7.87. The summed E-state index contributed by atoms with van der Waals surface area (Å²) in [5.74, 6) is 0. The molecule has 4 aromatic heterocycles. The highest BCUT2D eigenvalue weighted by molar-refractivity contribution is 5.77. The molecule has 0 aliphatic heterocycles. The third-order valence-corrected chi connectivity index (χ3v) is 8.58. The van der Waals surface area contributed by atoms with Gasteiger partial charge in [-0.1, -0.05) is 109 Å². The second kappa shape index (κ2) is 13.1. The van der Waals surface area contributed by atoms with Crippen molar-refractivity contribution in [2.24, 2.45) is 0 Å². The molecule has 48 heavy (non-hydrogen) atoms. The fourth-order valence-electron chi connectivity index (χ4n) is 5.95. The largest absolute Gasteiger partial charge is 0.255 e. The standard InChI is InChI=1S/C44H30N4/c1-3-25-45-41(5-1)43-29-39(23-27-47-43)37-19-15-35(16-20-37)33-11-7-31(8-12-33)32-9-13-34(14-10-32)36-17-21-38(22-18-36)40-24-28-48-44(30-40)42-6-2-4-26-46-42/h1-30H. The van der Waals surface area contributed by atoms with Crippen molar-refractivity contribution in [1.29, 1.82) is 0 Å². The van der Waals surface area contributed by atoms with Gasteiger partial charge in [0, 0.05) is 24.8 Å². The number of hydrogen-bond acceptors (Lipinski definition) is 4. The third kappa shape index (κ3) is 6.15. The summed E-state index contributed by atoms with van der Waals surface area (Å²) in [7, 11) is 0. The summed E-state index contributed by atoms with van der Waals surface area (Å²) in [5.41, 5.74) is 15.2. The van der Waals surface area contributed by atoms with Crippen LogP contribution in [0.4, 0.5) is 0 Å². The van der Waals surface area contributed by atoms with Gasteiger partial charge in [-0.15, -0.1) is 0 Å². The van der Waals surface area contributed by atoms with Crippen molar-refractivity contribution in [3.63, 3.8) is 0 Å². The van der Waals surface area contributed by atoms with Crippen molar-refractivity contribution >= 4 is 0 Å². The first-order valence-corrected chi connectivity index (χ1v) is 15.9. The Morgan fingerprint density at radius 2 is 0.479 bits per heavy atom. The van der Waals surface area contributed by atoms with E-state index in [1.165, 1.54) is 33.4 Å². The predicted molar refractivity (Wildman–Crippen MR) is 196 cm³/mol. The maximum Gasteiger partial charge on any atom is 0.0892 e. The van der Waals surface area contributed by atoms with Gasteiger partial charge in [0.25, 0.3) is 0 Å². The Bertz CT molecular complexity index is 2110. The predicted octanol–water partition coefficient (Wildman–Crippen LogP) is 10.9. The summed E-state index contributed by atoms with van der Waals surface area (Å²) in [6, 6.07) is 55.0. The number of pyridine rings is 4. The first-order chi connectivity index (χ1) is 23.8.